The second-order valence-electron chi connectivity index (χ2n) is 1.86. The van der Waals surface area contributed by atoms with Gasteiger partial charge in [0.15, 0.2) is 0 Å². The van der Waals surface area contributed by atoms with E-state index in [0.29, 0.717) is 4.34 Å². The Labute approximate surface area is 73.8 Å². The summed E-state index contributed by atoms with van der Waals surface area (Å²) in [5, 5.41) is 0. The molecule has 0 N–H and O–H groups in total. The molecule has 0 bridgehead atoms. The van der Waals surface area contributed by atoms with Crippen molar-refractivity contribution in [3.05, 3.63) is 11.1 Å². The topological polar surface area (TPSA) is 39.2 Å². The lowest BCUT2D eigenvalue weighted by Gasteiger charge is -1.92. The number of carbonyl (C=O) groups excluding carboxylic acids is 1. The molecule has 1 heterocycles. The summed E-state index contributed by atoms with van der Waals surface area (Å²) < 4.78 is 5.15. The number of hydrogen-bond donors (Lipinski definition) is 1. The fourth-order valence-electron chi connectivity index (χ4n) is 0.593. The van der Waals surface area contributed by atoms with Crippen molar-refractivity contribution in [2.45, 2.75) is 10.8 Å². The van der Waals surface area contributed by atoms with Gasteiger partial charge in [0.1, 0.15) is 4.34 Å². The van der Waals surface area contributed by atoms with Gasteiger partial charge in [0.05, 0.1) is 13.5 Å². The maximum atomic E-state index is 10.7. The molecule has 0 saturated carbocycles. The average molecular weight is 189 g/mol. The smallest absolute Gasteiger partial charge is 0.310 e. The summed E-state index contributed by atoms with van der Waals surface area (Å²) in [6.07, 6.45) is 1.92. The molecule has 1 aromatic rings. The third-order valence-electron chi connectivity index (χ3n) is 1.09. The van der Waals surface area contributed by atoms with Gasteiger partial charge in [-0.05, 0) is 0 Å². The Kier molecular flexibility index (Phi) is 2.90. The van der Waals surface area contributed by atoms with Crippen LogP contribution >= 0.6 is 24.0 Å². The van der Waals surface area contributed by atoms with Crippen molar-refractivity contribution in [3.8, 4) is 0 Å². The van der Waals surface area contributed by atoms with Crippen LogP contribution in [0.3, 0.4) is 0 Å². The van der Waals surface area contributed by atoms with Gasteiger partial charge in [-0.3, -0.25) is 4.79 Å². The Morgan fingerprint density at radius 2 is 2.64 bits per heavy atom. The van der Waals surface area contributed by atoms with Crippen LogP contribution in [-0.2, 0) is 16.0 Å². The van der Waals surface area contributed by atoms with Crippen molar-refractivity contribution in [1.82, 2.24) is 4.98 Å². The van der Waals surface area contributed by atoms with Crippen LogP contribution in [-0.4, -0.2) is 18.1 Å². The van der Waals surface area contributed by atoms with Gasteiger partial charge in [0, 0.05) is 11.1 Å². The van der Waals surface area contributed by atoms with Gasteiger partial charge in [0.25, 0.3) is 0 Å². The summed E-state index contributed by atoms with van der Waals surface area (Å²) in [6, 6.07) is 0. The van der Waals surface area contributed by atoms with E-state index in [-0.39, 0.29) is 12.4 Å². The number of nitrogens with zero attached hydrogens (tertiary/aromatic N) is 1. The third kappa shape index (κ3) is 2.51. The van der Waals surface area contributed by atoms with E-state index in [1.54, 1.807) is 6.20 Å². The summed E-state index contributed by atoms with van der Waals surface area (Å²) >= 11 is 5.40. The van der Waals surface area contributed by atoms with Crippen LogP contribution in [0.1, 0.15) is 4.88 Å². The fraction of sp³-hybridized carbons (Fsp3) is 0.333. The number of hydrogen-bond acceptors (Lipinski definition) is 5. The zero-order valence-electron chi connectivity index (χ0n) is 5.90. The molecule has 0 aliphatic carbocycles. The number of aromatic nitrogens is 1. The number of esters is 1. The van der Waals surface area contributed by atoms with Crippen molar-refractivity contribution < 1.29 is 9.53 Å². The molecule has 0 fully saturated rings. The fourth-order valence-corrected chi connectivity index (χ4v) is 1.64. The second-order valence-corrected chi connectivity index (χ2v) is 3.70. The van der Waals surface area contributed by atoms with Gasteiger partial charge in [-0.25, -0.2) is 4.98 Å². The zero-order chi connectivity index (χ0) is 8.27. The maximum Gasteiger partial charge on any atom is 0.310 e. The van der Waals surface area contributed by atoms with Crippen molar-refractivity contribution in [1.29, 1.82) is 0 Å². The van der Waals surface area contributed by atoms with Crippen LogP contribution < -0.4 is 0 Å². The van der Waals surface area contributed by atoms with Crippen LogP contribution in [0.4, 0.5) is 0 Å². The van der Waals surface area contributed by atoms with Crippen LogP contribution in [0.2, 0.25) is 0 Å². The largest absolute Gasteiger partial charge is 0.469 e. The van der Waals surface area contributed by atoms with E-state index in [2.05, 4.69) is 22.3 Å². The minimum absolute atomic E-state index is 0.248. The molecule has 0 aliphatic rings. The number of methoxy groups -OCH3 is 1. The van der Waals surface area contributed by atoms with E-state index in [0.717, 1.165) is 4.88 Å². The Morgan fingerprint density at radius 1 is 1.91 bits per heavy atom. The number of thiol groups is 1. The lowest BCUT2D eigenvalue weighted by molar-refractivity contribution is -0.139. The Hall–Kier alpha value is -0.550. The first-order valence-electron chi connectivity index (χ1n) is 2.93. The van der Waals surface area contributed by atoms with Gasteiger partial charge in [-0.1, -0.05) is 0 Å². The molecular formula is C6H7NO2S2. The van der Waals surface area contributed by atoms with Gasteiger partial charge < -0.3 is 4.74 Å². The summed E-state index contributed by atoms with van der Waals surface area (Å²) in [5.41, 5.74) is 0. The van der Waals surface area contributed by atoms with E-state index < -0.39 is 0 Å². The SMILES string of the molecule is COC(=O)Cc1cnc(S)s1. The molecule has 0 spiro atoms. The van der Waals surface area contributed by atoms with E-state index >= 15 is 0 Å². The highest BCUT2D eigenvalue weighted by Crippen LogP contribution is 2.16. The lowest BCUT2D eigenvalue weighted by atomic mass is 10.4. The van der Waals surface area contributed by atoms with Gasteiger partial charge >= 0.3 is 5.97 Å². The van der Waals surface area contributed by atoms with Gasteiger partial charge in [-0.2, -0.15) is 0 Å². The van der Waals surface area contributed by atoms with E-state index in [1.807, 2.05) is 0 Å². The number of rotatable bonds is 2. The second kappa shape index (κ2) is 3.73. The molecule has 0 aromatic carbocycles. The Morgan fingerprint density at radius 3 is 3.09 bits per heavy atom. The van der Waals surface area contributed by atoms with Crippen molar-refractivity contribution in [2.75, 3.05) is 7.11 Å². The predicted molar refractivity (Wildman–Crippen MR) is 45.1 cm³/mol. The summed E-state index contributed by atoms with van der Waals surface area (Å²) in [6.45, 7) is 0. The van der Waals surface area contributed by atoms with Crippen molar-refractivity contribution >= 4 is 29.9 Å². The highest BCUT2D eigenvalue weighted by Gasteiger charge is 2.04. The molecule has 1 aromatic heterocycles. The monoisotopic (exact) mass is 189 g/mol. The zero-order valence-corrected chi connectivity index (χ0v) is 7.61. The summed E-state index contributed by atoms with van der Waals surface area (Å²) in [5.74, 6) is -0.248. The molecule has 11 heavy (non-hydrogen) atoms. The highest BCUT2D eigenvalue weighted by molar-refractivity contribution is 7.82. The summed E-state index contributed by atoms with van der Waals surface area (Å²) in [7, 11) is 1.37. The van der Waals surface area contributed by atoms with Crippen LogP contribution in [0.25, 0.3) is 0 Å². The molecule has 0 amide bonds. The standard InChI is InChI=1S/C6H7NO2S2/c1-9-5(8)2-4-3-7-6(10)11-4/h3H,2H2,1H3,(H,7,10). The normalized spacial score (nSPS) is 9.64. The molecule has 0 atom stereocenters. The highest BCUT2D eigenvalue weighted by atomic mass is 32.2. The van der Waals surface area contributed by atoms with Crippen molar-refractivity contribution in [3.63, 3.8) is 0 Å². The van der Waals surface area contributed by atoms with E-state index in [9.17, 15) is 4.79 Å². The molecule has 60 valence electrons. The van der Waals surface area contributed by atoms with Crippen LogP contribution in [0, 0.1) is 0 Å². The number of thiazole rings is 1. The molecular weight excluding hydrogens is 182 g/mol. The maximum absolute atomic E-state index is 10.7. The first-order chi connectivity index (χ1) is 5.22. The molecule has 0 saturated heterocycles. The molecule has 3 nitrogen and oxygen atoms in total. The molecule has 0 radical (unpaired) electrons. The van der Waals surface area contributed by atoms with Crippen LogP contribution in [0.15, 0.2) is 10.5 Å². The molecule has 0 unspecified atom stereocenters. The first-order valence-corrected chi connectivity index (χ1v) is 4.19. The molecule has 5 heteroatoms. The number of ether oxygens (including phenoxy) is 1. The Bertz CT molecular complexity index is 259. The van der Waals surface area contributed by atoms with Gasteiger partial charge in [0.2, 0.25) is 0 Å². The van der Waals surface area contributed by atoms with E-state index in [1.165, 1.54) is 18.4 Å². The molecule has 0 aliphatic heterocycles. The quantitative estimate of drug-likeness (QED) is 0.560. The van der Waals surface area contributed by atoms with Crippen molar-refractivity contribution in [2.24, 2.45) is 0 Å². The van der Waals surface area contributed by atoms with Crippen LogP contribution in [0.5, 0.6) is 0 Å². The minimum Gasteiger partial charge on any atom is -0.469 e. The van der Waals surface area contributed by atoms with Gasteiger partial charge in [-0.15, -0.1) is 24.0 Å². The Balaban J connectivity index is 2.57. The van der Waals surface area contributed by atoms with E-state index in [4.69, 9.17) is 0 Å². The average Bonchev–Trinajstić information content (AvgIpc) is 2.35. The third-order valence-corrected chi connectivity index (χ3v) is 2.28. The minimum atomic E-state index is -0.248. The molecule has 1 rings (SSSR count). The first kappa shape index (κ1) is 8.55. The predicted octanol–water partition coefficient (Wildman–Crippen LogP) is 1.15. The lowest BCUT2D eigenvalue weighted by Crippen LogP contribution is -2.02. The number of carbonyl (C=O) groups is 1. The summed E-state index contributed by atoms with van der Waals surface area (Å²) in [4.78, 5) is 15.5.